The number of benzene rings is 1. The number of aliphatic hydroxyl groups is 1. The van der Waals surface area contributed by atoms with Crippen molar-refractivity contribution in [3.63, 3.8) is 0 Å². The van der Waals surface area contributed by atoms with Crippen LogP contribution in [0.15, 0.2) is 30.3 Å². The highest BCUT2D eigenvalue weighted by Gasteiger charge is 2.76. The zero-order valence-corrected chi connectivity index (χ0v) is 19.2. The van der Waals surface area contributed by atoms with E-state index in [4.69, 9.17) is 0 Å². The molecule has 0 aromatic heterocycles. The minimum absolute atomic E-state index is 0.00593. The van der Waals surface area contributed by atoms with Crippen LogP contribution in [0.1, 0.15) is 34.1 Å². The number of likely N-dealkylation sites (tertiary alicyclic amines) is 1. The third-order valence-electron chi connectivity index (χ3n) is 6.95. The fourth-order valence-corrected chi connectivity index (χ4v) is 8.14. The van der Waals surface area contributed by atoms with Gasteiger partial charge < -0.3 is 20.6 Å². The molecule has 3 N–H and O–H groups in total. The van der Waals surface area contributed by atoms with Crippen LogP contribution < -0.4 is 10.6 Å². The van der Waals surface area contributed by atoms with Crippen LogP contribution in [0.3, 0.4) is 0 Å². The van der Waals surface area contributed by atoms with Gasteiger partial charge in [-0.2, -0.15) is 0 Å². The molecule has 3 saturated heterocycles. The fraction of sp³-hybridized carbons (Fsp3) is 0.609. The van der Waals surface area contributed by atoms with E-state index in [2.05, 4.69) is 17.6 Å². The lowest BCUT2D eigenvalue weighted by molar-refractivity contribution is -0.141. The third-order valence-corrected chi connectivity index (χ3v) is 9.02. The number of aliphatic hydroxyl groups excluding tert-OH is 1. The average Bonchev–Trinajstić information content (AvgIpc) is 3.31. The molecule has 1 aromatic rings. The van der Waals surface area contributed by atoms with Crippen LogP contribution in [0.25, 0.3) is 0 Å². The maximum atomic E-state index is 13.7. The molecule has 31 heavy (non-hydrogen) atoms. The zero-order chi connectivity index (χ0) is 22.5. The first-order chi connectivity index (χ1) is 14.7. The van der Waals surface area contributed by atoms with Crippen LogP contribution in [0.4, 0.5) is 5.69 Å². The molecule has 3 aliphatic rings. The molecule has 4 rings (SSSR count). The Kier molecular flexibility index (Phi) is 5.81. The Morgan fingerprint density at radius 2 is 1.90 bits per heavy atom. The predicted octanol–water partition coefficient (Wildman–Crippen LogP) is 1.87. The Morgan fingerprint density at radius 3 is 2.52 bits per heavy atom. The van der Waals surface area contributed by atoms with Gasteiger partial charge in [0.1, 0.15) is 6.04 Å². The molecule has 0 aliphatic carbocycles. The van der Waals surface area contributed by atoms with E-state index >= 15 is 0 Å². The first-order valence-corrected chi connectivity index (χ1v) is 11.9. The normalized spacial score (nSPS) is 34.7. The number of anilines is 1. The second kappa shape index (κ2) is 8.13. The van der Waals surface area contributed by atoms with E-state index < -0.39 is 28.7 Å². The summed E-state index contributed by atoms with van der Waals surface area (Å²) in [6.07, 6.45) is 0.786. The maximum Gasteiger partial charge on any atom is 0.244 e. The molecule has 3 fully saturated rings. The SMILES string of the molecule is CC(C)NC(=O)C1N([C@H](C)CO)C(=O)[C@@H]2[C@H](C(=O)Nc3ccccc3)[C@@H]3CC(C)C12S3. The maximum absolute atomic E-state index is 13.7. The van der Waals surface area contributed by atoms with E-state index in [1.165, 1.54) is 0 Å². The Balaban J connectivity index is 1.73. The van der Waals surface area contributed by atoms with Gasteiger partial charge in [0.2, 0.25) is 17.7 Å². The van der Waals surface area contributed by atoms with Gasteiger partial charge in [-0.25, -0.2) is 0 Å². The van der Waals surface area contributed by atoms with Gasteiger partial charge in [0, 0.05) is 17.0 Å². The van der Waals surface area contributed by atoms with Crippen LogP contribution >= 0.6 is 11.8 Å². The van der Waals surface area contributed by atoms with E-state index in [1.54, 1.807) is 23.6 Å². The van der Waals surface area contributed by atoms with Gasteiger partial charge in [-0.3, -0.25) is 14.4 Å². The second-order valence-electron chi connectivity index (χ2n) is 9.35. The Morgan fingerprint density at radius 1 is 1.23 bits per heavy atom. The molecular formula is C23H31N3O4S. The number of hydrogen-bond donors (Lipinski definition) is 3. The molecule has 2 bridgehead atoms. The quantitative estimate of drug-likeness (QED) is 0.621. The summed E-state index contributed by atoms with van der Waals surface area (Å²) in [4.78, 5) is 42.0. The van der Waals surface area contributed by atoms with Crippen molar-refractivity contribution in [2.75, 3.05) is 11.9 Å². The lowest BCUT2D eigenvalue weighted by atomic mass is 9.66. The number of hydrogen-bond acceptors (Lipinski definition) is 5. The standard InChI is InChI=1S/C23H31N3O4S/c1-12(2)24-21(29)19-23-13(3)10-16(31-23)17(18(23)22(30)26(19)14(4)11-27)20(28)25-15-8-6-5-7-9-15/h5-9,12-14,16-19,27H,10-11H2,1-4H3,(H,24,29)(H,25,28)/t13?,14-,16+,17-,18+,19?,23?/m1/s1. The van der Waals surface area contributed by atoms with Gasteiger partial charge in [0.05, 0.1) is 29.2 Å². The first-order valence-electron chi connectivity index (χ1n) is 11.0. The first kappa shape index (κ1) is 22.1. The third kappa shape index (κ3) is 3.35. The molecule has 7 atom stereocenters. The van der Waals surface area contributed by atoms with Gasteiger partial charge in [-0.05, 0) is 45.2 Å². The van der Waals surface area contributed by atoms with Crippen molar-refractivity contribution in [1.29, 1.82) is 0 Å². The van der Waals surface area contributed by atoms with Crippen LogP contribution in [0.5, 0.6) is 0 Å². The number of para-hydroxylation sites is 1. The number of thioether (sulfide) groups is 1. The lowest BCUT2D eigenvalue weighted by Crippen LogP contribution is -2.58. The largest absolute Gasteiger partial charge is 0.394 e. The monoisotopic (exact) mass is 445 g/mol. The van der Waals surface area contributed by atoms with Gasteiger partial charge in [-0.1, -0.05) is 25.1 Å². The van der Waals surface area contributed by atoms with Crippen molar-refractivity contribution in [2.24, 2.45) is 17.8 Å². The lowest BCUT2D eigenvalue weighted by Gasteiger charge is -2.39. The summed E-state index contributed by atoms with van der Waals surface area (Å²) in [5, 5.41) is 15.8. The summed E-state index contributed by atoms with van der Waals surface area (Å²) in [5.41, 5.74) is 0.697. The number of nitrogens with zero attached hydrogens (tertiary/aromatic N) is 1. The van der Waals surface area contributed by atoms with Crippen LogP contribution in [-0.4, -0.2) is 62.5 Å². The van der Waals surface area contributed by atoms with Gasteiger partial charge >= 0.3 is 0 Å². The van der Waals surface area contributed by atoms with E-state index in [9.17, 15) is 19.5 Å². The van der Waals surface area contributed by atoms with Gasteiger partial charge in [-0.15, -0.1) is 11.8 Å². The molecule has 1 spiro atoms. The number of amides is 3. The minimum atomic E-state index is -0.700. The highest BCUT2D eigenvalue weighted by atomic mass is 32.2. The highest BCUT2D eigenvalue weighted by molar-refractivity contribution is 8.02. The summed E-state index contributed by atoms with van der Waals surface area (Å²) in [5.74, 6) is -1.53. The molecule has 0 radical (unpaired) electrons. The molecule has 7 nitrogen and oxygen atoms in total. The number of carbonyl (C=O) groups excluding carboxylic acids is 3. The van der Waals surface area contributed by atoms with Crippen molar-refractivity contribution in [3.05, 3.63) is 30.3 Å². The molecule has 0 saturated carbocycles. The number of carbonyl (C=O) groups is 3. The molecule has 1 aromatic carbocycles. The minimum Gasteiger partial charge on any atom is -0.394 e. The summed E-state index contributed by atoms with van der Waals surface area (Å²) in [6.45, 7) is 7.39. The van der Waals surface area contributed by atoms with Crippen molar-refractivity contribution in [1.82, 2.24) is 10.2 Å². The summed E-state index contributed by atoms with van der Waals surface area (Å²) < 4.78 is -0.664. The molecule has 3 aliphatic heterocycles. The Hall–Kier alpha value is -2.06. The molecule has 3 amide bonds. The van der Waals surface area contributed by atoms with Crippen LogP contribution in [0.2, 0.25) is 0 Å². The van der Waals surface area contributed by atoms with E-state index in [-0.39, 0.29) is 41.5 Å². The van der Waals surface area contributed by atoms with Crippen molar-refractivity contribution >= 4 is 35.2 Å². The van der Waals surface area contributed by atoms with E-state index in [0.717, 1.165) is 6.42 Å². The fourth-order valence-electron chi connectivity index (χ4n) is 5.73. The predicted molar refractivity (Wildman–Crippen MR) is 120 cm³/mol. The number of fused-ring (bicyclic) bond motifs is 1. The van der Waals surface area contributed by atoms with Gasteiger partial charge in [0.15, 0.2) is 0 Å². The van der Waals surface area contributed by atoms with E-state index in [1.807, 2.05) is 44.2 Å². The second-order valence-corrected chi connectivity index (χ2v) is 10.9. The zero-order valence-electron chi connectivity index (χ0n) is 18.4. The summed E-state index contributed by atoms with van der Waals surface area (Å²) in [7, 11) is 0. The van der Waals surface area contributed by atoms with Gasteiger partial charge in [0.25, 0.3) is 0 Å². The number of nitrogens with one attached hydrogen (secondary N) is 2. The molecule has 3 heterocycles. The Labute approximate surface area is 187 Å². The smallest absolute Gasteiger partial charge is 0.244 e. The average molecular weight is 446 g/mol. The molecular weight excluding hydrogens is 414 g/mol. The van der Waals surface area contributed by atoms with Crippen molar-refractivity contribution in [2.45, 2.75) is 62.2 Å². The number of rotatable bonds is 6. The van der Waals surface area contributed by atoms with Crippen LogP contribution in [0, 0.1) is 17.8 Å². The Bertz CT molecular complexity index is 879. The highest BCUT2D eigenvalue weighted by Crippen LogP contribution is 2.68. The van der Waals surface area contributed by atoms with Crippen molar-refractivity contribution in [3.8, 4) is 0 Å². The summed E-state index contributed by atoms with van der Waals surface area (Å²) in [6, 6.07) is 7.97. The van der Waals surface area contributed by atoms with E-state index in [0.29, 0.717) is 5.69 Å². The summed E-state index contributed by atoms with van der Waals surface area (Å²) >= 11 is 1.64. The van der Waals surface area contributed by atoms with Crippen LogP contribution in [-0.2, 0) is 14.4 Å². The topological polar surface area (TPSA) is 98.7 Å². The molecule has 8 heteroatoms. The van der Waals surface area contributed by atoms with Crippen molar-refractivity contribution < 1.29 is 19.5 Å². The molecule has 3 unspecified atom stereocenters. The molecule has 168 valence electrons.